The third-order valence-electron chi connectivity index (χ3n) is 17.8. The Bertz CT molecular complexity index is 1220. The maximum atomic E-state index is 12.5. The topological polar surface area (TPSA) is 95.9 Å². The maximum Gasteiger partial charge on any atom is 0.305 e. The van der Waals surface area contributed by atoms with Crippen LogP contribution in [0.15, 0.2) is 12.2 Å². The van der Waals surface area contributed by atoms with Crippen molar-refractivity contribution in [2.75, 3.05) is 13.2 Å². The predicted octanol–water partition coefficient (Wildman–Crippen LogP) is 24.3. The Hall–Kier alpha value is -1.40. The molecule has 0 rings (SSSR count). The van der Waals surface area contributed by atoms with E-state index in [0.29, 0.717) is 19.4 Å². The van der Waals surface area contributed by atoms with Gasteiger partial charge in [0.1, 0.15) is 0 Å². The van der Waals surface area contributed by atoms with E-state index in [1.54, 1.807) is 6.08 Å². The van der Waals surface area contributed by atoms with Gasteiger partial charge < -0.3 is 20.3 Å². The highest BCUT2D eigenvalue weighted by Crippen LogP contribution is 2.20. The minimum atomic E-state index is -0.843. The van der Waals surface area contributed by atoms with Crippen LogP contribution in [-0.2, 0) is 14.3 Å². The van der Waals surface area contributed by atoms with Crippen molar-refractivity contribution in [3.8, 4) is 0 Å². The average molecular weight is 1140 g/mol. The molecule has 0 aromatic heterocycles. The number of carbonyl (C=O) groups excluding carboxylic acids is 2. The van der Waals surface area contributed by atoms with E-state index in [1.165, 1.54) is 366 Å². The molecule has 0 heterocycles. The van der Waals surface area contributed by atoms with Crippen molar-refractivity contribution in [2.45, 2.75) is 443 Å². The summed E-state index contributed by atoms with van der Waals surface area (Å²) in [5.74, 6) is -0.0391. The summed E-state index contributed by atoms with van der Waals surface area (Å²) < 4.78 is 5.49. The lowest BCUT2D eigenvalue weighted by Crippen LogP contribution is -2.45. The van der Waals surface area contributed by atoms with Gasteiger partial charge in [-0.3, -0.25) is 9.59 Å². The first-order valence-electron chi connectivity index (χ1n) is 37.5. The summed E-state index contributed by atoms with van der Waals surface area (Å²) in [6.07, 6.45) is 88.8. The van der Waals surface area contributed by atoms with Gasteiger partial charge in [-0.2, -0.15) is 0 Å². The van der Waals surface area contributed by atoms with Crippen LogP contribution in [0.25, 0.3) is 0 Å². The molecule has 0 radical (unpaired) electrons. The van der Waals surface area contributed by atoms with Crippen LogP contribution >= 0.6 is 0 Å². The first kappa shape index (κ1) is 79.6. The number of aliphatic hydroxyl groups is 2. The Morgan fingerprint density at radius 1 is 0.333 bits per heavy atom. The fourth-order valence-corrected chi connectivity index (χ4v) is 12.1. The maximum absolute atomic E-state index is 12.5. The van der Waals surface area contributed by atoms with Gasteiger partial charge in [0.25, 0.3) is 0 Å². The quantitative estimate of drug-likeness (QED) is 0.0320. The first-order chi connectivity index (χ1) is 40.0. The highest BCUT2D eigenvalue weighted by molar-refractivity contribution is 5.76. The number of hydrogen-bond donors (Lipinski definition) is 3. The lowest BCUT2D eigenvalue weighted by Gasteiger charge is -2.20. The van der Waals surface area contributed by atoms with Gasteiger partial charge in [0.2, 0.25) is 5.91 Å². The second kappa shape index (κ2) is 71.1. The molecule has 0 saturated heterocycles. The van der Waals surface area contributed by atoms with E-state index in [2.05, 4.69) is 19.2 Å². The van der Waals surface area contributed by atoms with Crippen LogP contribution in [0, 0.1) is 0 Å². The number of allylic oxidation sites excluding steroid dienone is 1. The molecule has 0 aromatic carbocycles. The van der Waals surface area contributed by atoms with Crippen molar-refractivity contribution in [1.29, 1.82) is 0 Å². The summed E-state index contributed by atoms with van der Waals surface area (Å²) >= 11 is 0. The van der Waals surface area contributed by atoms with Gasteiger partial charge in [-0.25, -0.2) is 0 Å². The molecule has 2 unspecified atom stereocenters. The molecular weight excluding hydrogens is 995 g/mol. The molecule has 0 aliphatic rings. The number of rotatable bonds is 71. The first-order valence-corrected chi connectivity index (χ1v) is 37.5. The molecule has 0 aromatic rings. The van der Waals surface area contributed by atoms with E-state index >= 15 is 0 Å². The lowest BCUT2D eigenvalue weighted by atomic mass is 10.0. The monoisotopic (exact) mass is 1140 g/mol. The van der Waals surface area contributed by atoms with Crippen LogP contribution in [0.5, 0.6) is 0 Å². The van der Waals surface area contributed by atoms with Crippen molar-refractivity contribution in [2.24, 2.45) is 0 Å². The molecule has 0 saturated carbocycles. The molecule has 3 N–H and O–H groups in total. The average Bonchev–Trinajstić information content (AvgIpc) is 3.47. The Morgan fingerprint density at radius 2 is 0.568 bits per heavy atom. The third kappa shape index (κ3) is 67.6. The molecular formula is C75H147NO5. The van der Waals surface area contributed by atoms with Crippen LogP contribution in [0.3, 0.4) is 0 Å². The van der Waals surface area contributed by atoms with Crippen molar-refractivity contribution < 1.29 is 24.5 Å². The number of unbranched alkanes of at least 4 members (excludes halogenated alkanes) is 60. The number of amides is 1. The van der Waals surface area contributed by atoms with E-state index in [4.69, 9.17) is 4.74 Å². The second-order valence-electron chi connectivity index (χ2n) is 26.0. The zero-order valence-corrected chi connectivity index (χ0v) is 55.3. The molecule has 2 atom stereocenters. The summed E-state index contributed by atoms with van der Waals surface area (Å²) in [4.78, 5) is 24.6. The Balaban J connectivity index is 3.37. The highest BCUT2D eigenvalue weighted by Gasteiger charge is 2.18. The van der Waals surface area contributed by atoms with Gasteiger partial charge in [-0.15, -0.1) is 0 Å². The largest absolute Gasteiger partial charge is 0.466 e. The fourth-order valence-electron chi connectivity index (χ4n) is 12.1. The zero-order valence-electron chi connectivity index (χ0n) is 55.3. The Kier molecular flexibility index (Phi) is 69.9. The van der Waals surface area contributed by atoms with Crippen LogP contribution in [0.2, 0.25) is 0 Å². The molecule has 81 heavy (non-hydrogen) atoms. The van der Waals surface area contributed by atoms with Crippen molar-refractivity contribution in [3.63, 3.8) is 0 Å². The lowest BCUT2D eigenvalue weighted by molar-refractivity contribution is -0.143. The van der Waals surface area contributed by atoms with Gasteiger partial charge in [-0.05, 0) is 32.1 Å². The van der Waals surface area contributed by atoms with Crippen molar-refractivity contribution >= 4 is 11.9 Å². The van der Waals surface area contributed by atoms with Crippen LogP contribution in [-0.4, -0.2) is 47.4 Å². The second-order valence-corrected chi connectivity index (χ2v) is 26.0. The fraction of sp³-hybridized carbons (Fsp3) is 0.947. The molecule has 0 aliphatic carbocycles. The molecule has 0 aliphatic heterocycles. The molecule has 0 bridgehead atoms. The zero-order chi connectivity index (χ0) is 58.5. The molecule has 0 fully saturated rings. The van der Waals surface area contributed by atoms with E-state index in [0.717, 1.165) is 38.5 Å². The number of ether oxygens (including phenoxy) is 1. The van der Waals surface area contributed by atoms with Gasteiger partial charge in [-0.1, -0.05) is 398 Å². The van der Waals surface area contributed by atoms with Crippen LogP contribution < -0.4 is 5.32 Å². The van der Waals surface area contributed by atoms with Crippen molar-refractivity contribution in [1.82, 2.24) is 5.32 Å². The number of nitrogens with one attached hydrogen (secondary N) is 1. The molecule has 6 heteroatoms. The van der Waals surface area contributed by atoms with E-state index in [1.807, 2.05) is 6.08 Å². The Morgan fingerprint density at radius 3 is 0.840 bits per heavy atom. The smallest absolute Gasteiger partial charge is 0.305 e. The summed E-state index contributed by atoms with van der Waals surface area (Å²) in [6.45, 7) is 4.96. The van der Waals surface area contributed by atoms with Gasteiger partial charge >= 0.3 is 5.97 Å². The van der Waals surface area contributed by atoms with Crippen molar-refractivity contribution in [3.05, 3.63) is 12.2 Å². The number of carbonyl (C=O) groups is 2. The minimum Gasteiger partial charge on any atom is -0.466 e. The normalized spacial score (nSPS) is 12.5. The number of esters is 1. The SMILES string of the molecule is CCCCCCCCCCCCCCCCCCCCCCCC/C=C/C(O)C(CO)NC(=O)CCCCCCCCCCCCCCCCCCCCCCCCCCCCCCOC(=O)CCCCCCCCCCCCCC. The summed E-state index contributed by atoms with van der Waals surface area (Å²) in [7, 11) is 0. The van der Waals surface area contributed by atoms with E-state index in [-0.39, 0.29) is 18.5 Å². The summed E-state index contributed by atoms with van der Waals surface area (Å²) in [6, 6.07) is -0.626. The van der Waals surface area contributed by atoms with Gasteiger partial charge in [0.15, 0.2) is 0 Å². The standard InChI is InChI=1S/C75H147NO5/c1-3-5-7-9-11-13-15-17-18-19-20-21-22-29-32-35-38-41-44-47-51-55-59-63-67-73(78)72(71-77)76-74(79)68-64-60-56-52-48-45-42-39-36-33-30-27-25-23-24-26-28-31-34-37-40-43-46-50-54-58-62-66-70-81-75(80)69-65-61-57-53-49-16-14-12-10-8-6-4-2/h63,67,72-73,77-78H,3-62,64-66,68-71H2,1-2H3,(H,76,79)/b67-63+. The molecule has 482 valence electrons. The number of aliphatic hydroxyl groups excluding tert-OH is 2. The predicted molar refractivity (Wildman–Crippen MR) is 357 cm³/mol. The van der Waals surface area contributed by atoms with E-state index < -0.39 is 12.1 Å². The van der Waals surface area contributed by atoms with Crippen LogP contribution in [0.1, 0.15) is 431 Å². The minimum absolute atomic E-state index is 0.0203. The number of hydrogen-bond acceptors (Lipinski definition) is 5. The molecule has 1 amide bonds. The van der Waals surface area contributed by atoms with Gasteiger partial charge in [0.05, 0.1) is 25.4 Å². The molecule has 6 nitrogen and oxygen atoms in total. The van der Waals surface area contributed by atoms with E-state index in [9.17, 15) is 19.8 Å². The van der Waals surface area contributed by atoms with Gasteiger partial charge in [0, 0.05) is 12.8 Å². The highest BCUT2D eigenvalue weighted by atomic mass is 16.5. The Labute approximate surface area is 508 Å². The van der Waals surface area contributed by atoms with Crippen LogP contribution in [0.4, 0.5) is 0 Å². The summed E-state index contributed by atoms with van der Waals surface area (Å²) in [5, 5.41) is 23.3. The molecule has 0 spiro atoms. The summed E-state index contributed by atoms with van der Waals surface area (Å²) in [5.41, 5.74) is 0. The third-order valence-corrected chi connectivity index (χ3v) is 17.8.